The van der Waals surface area contributed by atoms with Crippen molar-refractivity contribution in [2.75, 3.05) is 12.3 Å². The van der Waals surface area contributed by atoms with Crippen LogP contribution in [0.25, 0.3) is 0 Å². The first-order chi connectivity index (χ1) is 9.19. The minimum Gasteiger partial charge on any atom is -0.398 e. The molecule has 5 heteroatoms. The average molecular weight is 277 g/mol. The van der Waals surface area contributed by atoms with Gasteiger partial charge in [-0.3, -0.25) is 9.59 Å². The number of hydrogen-bond donors (Lipinski definition) is 3. The fourth-order valence-electron chi connectivity index (χ4n) is 1.65. The van der Waals surface area contributed by atoms with Crippen LogP contribution in [0.3, 0.4) is 0 Å². The Bertz CT molecular complexity index is 504. The Morgan fingerprint density at radius 1 is 1.25 bits per heavy atom. The van der Waals surface area contributed by atoms with Crippen molar-refractivity contribution in [3.8, 4) is 0 Å². The molecule has 20 heavy (non-hydrogen) atoms. The van der Waals surface area contributed by atoms with Crippen molar-refractivity contribution in [2.24, 2.45) is 0 Å². The zero-order valence-electron chi connectivity index (χ0n) is 12.5. The summed E-state index contributed by atoms with van der Waals surface area (Å²) >= 11 is 0. The number of amides is 2. The number of hydrogen-bond acceptors (Lipinski definition) is 3. The molecule has 0 heterocycles. The molecule has 0 unspecified atom stereocenters. The zero-order valence-corrected chi connectivity index (χ0v) is 12.5. The fourth-order valence-corrected chi connectivity index (χ4v) is 1.65. The van der Waals surface area contributed by atoms with Crippen molar-refractivity contribution in [3.63, 3.8) is 0 Å². The first kappa shape index (κ1) is 16.0. The SMILES string of the molecule is Cc1ccc(C(=O)NCCC(=O)NC(C)(C)C)cc1N. The molecule has 110 valence electrons. The van der Waals surface area contributed by atoms with Crippen molar-refractivity contribution in [1.29, 1.82) is 0 Å². The molecule has 1 aromatic carbocycles. The number of carbonyl (C=O) groups excluding carboxylic acids is 2. The second kappa shape index (κ2) is 6.41. The maximum absolute atomic E-state index is 11.9. The van der Waals surface area contributed by atoms with Gasteiger partial charge >= 0.3 is 0 Å². The van der Waals surface area contributed by atoms with Crippen LogP contribution in [0.4, 0.5) is 5.69 Å². The van der Waals surface area contributed by atoms with Gasteiger partial charge in [0.1, 0.15) is 0 Å². The molecule has 1 aromatic rings. The Labute approximate surface area is 119 Å². The van der Waals surface area contributed by atoms with Crippen LogP contribution < -0.4 is 16.4 Å². The van der Waals surface area contributed by atoms with Gasteiger partial charge in [0.25, 0.3) is 5.91 Å². The van der Waals surface area contributed by atoms with Crippen LogP contribution in [0.15, 0.2) is 18.2 Å². The summed E-state index contributed by atoms with van der Waals surface area (Å²) < 4.78 is 0. The molecule has 1 rings (SSSR count). The summed E-state index contributed by atoms with van der Waals surface area (Å²) in [5, 5.41) is 5.55. The summed E-state index contributed by atoms with van der Waals surface area (Å²) in [7, 11) is 0. The van der Waals surface area contributed by atoms with E-state index in [0.29, 0.717) is 17.8 Å². The van der Waals surface area contributed by atoms with Crippen molar-refractivity contribution in [2.45, 2.75) is 39.7 Å². The Balaban J connectivity index is 2.44. The maximum Gasteiger partial charge on any atom is 0.251 e. The van der Waals surface area contributed by atoms with Gasteiger partial charge in [-0.1, -0.05) is 6.07 Å². The van der Waals surface area contributed by atoms with Gasteiger partial charge in [0.15, 0.2) is 0 Å². The van der Waals surface area contributed by atoms with Crippen molar-refractivity contribution in [1.82, 2.24) is 10.6 Å². The monoisotopic (exact) mass is 277 g/mol. The molecule has 0 radical (unpaired) electrons. The normalized spacial score (nSPS) is 11.0. The van der Waals surface area contributed by atoms with Crippen LogP contribution in [0.5, 0.6) is 0 Å². The molecule has 0 atom stereocenters. The van der Waals surface area contributed by atoms with Crippen LogP contribution in [-0.4, -0.2) is 23.9 Å². The van der Waals surface area contributed by atoms with E-state index >= 15 is 0 Å². The number of anilines is 1. The molecule has 0 fully saturated rings. The van der Waals surface area contributed by atoms with Gasteiger partial charge in [-0.05, 0) is 45.4 Å². The highest BCUT2D eigenvalue weighted by molar-refractivity contribution is 5.95. The molecule has 0 saturated carbocycles. The Hall–Kier alpha value is -2.04. The van der Waals surface area contributed by atoms with Crippen LogP contribution in [0, 0.1) is 6.92 Å². The zero-order chi connectivity index (χ0) is 15.3. The highest BCUT2D eigenvalue weighted by Crippen LogP contribution is 2.12. The summed E-state index contributed by atoms with van der Waals surface area (Å²) in [6.45, 7) is 7.93. The van der Waals surface area contributed by atoms with Crippen LogP contribution >= 0.6 is 0 Å². The lowest BCUT2D eigenvalue weighted by molar-refractivity contribution is -0.122. The first-order valence-corrected chi connectivity index (χ1v) is 6.64. The lowest BCUT2D eigenvalue weighted by Crippen LogP contribution is -2.42. The third-order valence-corrected chi connectivity index (χ3v) is 2.69. The highest BCUT2D eigenvalue weighted by Gasteiger charge is 2.13. The standard InChI is InChI=1S/C15H23N3O2/c1-10-5-6-11(9-12(10)16)14(20)17-8-7-13(19)18-15(2,3)4/h5-6,9H,7-8,16H2,1-4H3,(H,17,20)(H,18,19). The van der Waals surface area contributed by atoms with Crippen molar-refractivity contribution in [3.05, 3.63) is 29.3 Å². The largest absolute Gasteiger partial charge is 0.398 e. The lowest BCUT2D eigenvalue weighted by Gasteiger charge is -2.20. The predicted molar refractivity (Wildman–Crippen MR) is 80.4 cm³/mol. The van der Waals surface area contributed by atoms with E-state index in [9.17, 15) is 9.59 Å². The maximum atomic E-state index is 11.9. The van der Waals surface area contributed by atoms with E-state index in [2.05, 4.69) is 10.6 Å². The quantitative estimate of drug-likeness (QED) is 0.731. The van der Waals surface area contributed by atoms with Crippen molar-refractivity contribution < 1.29 is 9.59 Å². The van der Waals surface area contributed by atoms with E-state index in [0.717, 1.165) is 5.56 Å². The van der Waals surface area contributed by atoms with Crippen molar-refractivity contribution >= 4 is 17.5 Å². The van der Waals surface area contributed by atoms with Gasteiger partial charge in [0.2, 0.25) is 5.91 Å². The van der Waals surface area contributed by atoms with E-state index in [1.165, 1.54) is 0 Å². The molecule has 2 amide bonds. The minimum absolute atomic E-state index is 0.0822. The molecular weight excluding hydrogens is 254 g/mol. The molecule has 0 aliphatic carbocycles. The smallest absolute Gasteiger partial charge is 0.251 e. The van der Waals surface area contributed by atoms with E-state index in [1.807, 2.05) is 27.7 Å². The summed E-state index contributed by atoms with van der Waals surface area (Å²) in [6.07, 6.45) is 0.254. The molecular formula is C15H23N3O2. The third kappa shape index (κ3) is 5.30. The van der Waals surface area contributed by atoms with Gasteiger partial charge in [-0.25, -0.2) is 0 Å². The summed E-state index contributed by atoms with van der Waals surface area (Å²) in [5.41, 5.74) is 7.53. The van der Waals surface area contributed by atoms with E-state index < -0.39 is 0 Å². The summed E-state index contributed by atoms with van der Waals surface area (Å²) in [6, 6.07) is 5.16. The van der Waals surface area contributed by atoms with E-state index in [1.54, 1.807) is 18.2 Å². The molecule has 0 saturated heterocycles. The minimum atomic E-state index is -0.257. The van der Waals surface area contributed by atoms with Crippen LogP contribution in [0.1, 0.15) is 43.1 Å². The molecule has 0 aromatic heterocycles. The van der Waals surface area contributed by atoms with Gasteiger partial charge in [0, 0.05) is 29.8 Å². The molecule has 4 N–H and O–H groups in total. The van der Waals surface area contributed by atoms with Gasteiger partial charge in [0.05, 0.1) is 0 Å². The number of nitrogen functional groups attached to an aromatic ring is 1. The molecule has 0 aliphatic heterocycles. The summed E-state index contributed by atoms with van der Waals surface area (Å²) in [4.78, 5) is 23.5. The first-order valence-electron chi connectivity index (χ1n) is 6.64. The Kier molecular flexibility index (Phi) is 5.13. The summed E-state index contributed by atoms with van der Waals surface area (Å²) in [5.74, 6) is -0.304. The molecule has 5 nitrogen and oxygen atoms in total. The molecule has 0 bridgehead atoms. The van der Waals surface area contributed by atoms with Gasteiger partial charge in [-0.15, -0.1) is 0 Å². The van der Waals surface area contributed by atoms with Gasteiger partial charge < -0.3 is 16.4 Å². The van der Waals surface area contributed by atoms with Gasteiger partial charge in [-0.2, -0.15) is 0 Å². The average Bonchev–Trinajstić information content (AvgIpc) is 2.30. The van der Waals surface area contributed by atoms with Crippen LogP contribution in [0.2, 0.25) is 0 Å². The second-order valence-electron chi connectivity index (χ2n) is 5.88. The predicted octanol–water partition coefficient (Wildman–Crippen LogP) is 1.61. The fraction of sp³-hybridized carbons (Fsp3) is 0.467. The second-order valence-corrected chi connectivity index (χ2v) is 5.88. The number of benzene rings is 1. The topological polar surface area (TPSA) is 84.2 Å². The Morgan fingerprint density at radius 3 is 2.45 bits per heavy atom. The van der Waals surface area contributed by atoms with Crippen LogP contribution in [-0.2, 0) is 4.79 Å². The Morgan fingerprint density at radius 2 is 1.90 bits per heavy atom. The number of rotatable bonds is 4. The molecule has 0 aliphatic rings. The van der Waals surface area contributed by atoms with E-state index in [-0.39, 0.29) is 23.8 Å². The lowest BCUT2D eigenvalue weighted by atomic mass is 10.1. The van der Waals surface area contributed by atoms with E-state index in [4.69, 9.17) is 5.73 Å². The number of nitrogens with two attached hydrogens (primary N) is 1. The number of carbonyl (C=O) groups is 2. The third-order valence-electron chi connectivity index (χ3n) is 2.69. The number of aryl methyl sites for hydroxylation is 1. The number of nitrogens with one attached hydrogen (secondary N) is 2. The highest BCUT2D eigenvalue weighted by atomic mass is 16.2. The molecule has 0 spiro atoms.